The quantitative estimate of drug-likeness (QED) is 0.207. The van der Waals surface area contributed by atoms with Crippen LogP contribution in [-0.4, -0.2) is 38.8 Å². The van der Waals surface area contributed by atoms with Gasteiger partial charge >= 0.3 is 5.97 Å². The lowest BCUT2D eigenvalue weighted by Crippen LogP contribution is -2.15. The minimum Gasteiger partial charge on any atom is -0.462 e. The molecule has 0 aliphatic rings. The van der Waals surface area contributed by atoms with Crippen molar-refractivity contribution in [1.82, 2.24) is 20.0 Å². The molecule has 5 rings (SSSR count). The molecule has 0 aliphatic carbocycles. The summed E-state index contributed by atoms with van der Waals surface area (Å²) in [6.45, 7) is 2.15. The molecule has 0 unspecified atom stereocenters. The number of esters is 1. The predicted octanol–water partition coefficient (Wildman–Crippen LogP) is 5.85. The minimum absolute atomic E-state index is 0.169. The number of ether oxygens (including phenoxy) is 1. The van der Waals surface area contributed by atoms with E-state index < -0.39 is 5.97 Å². The summed E-state index contributed by atoms with van der Waals surface area (Å²) in [4.78, 5) is 29.6. The van der Waals surface area contributed by atoms with E-state index in [2.05, 4.69) is 10.3 Å². The SMILES string of the molecule is CCOC(=O)c1c(Cn2cc(-c3ccccc3C=O)nn2)nc2ccc(Cl)cc2c1-c1ccccc1. The third-order valence-corrected chi connectivity index (χ3v) is 6.01. The highest BCUT2D eigenvalue weighted by Crippen LogP contribution is 2.35. The first-order chi connectivity index (χ1) is 17.6. The lowest BCUT2D eigenvalue weighted by atomic mass is 9.94. The average molecular weight is 497 g/mol. The van der Waals surface area contributed by atoms with E-state index in [1.807, 2.05) is 54.6 Å². The molecular formula is C28H21ClN4O3. The first kappa shape index (κ1) is 23.4. The molecule has 0 bridgehead atoms. The first-order valence-electron chi connectivity index (χ1n) is 11.4. The maximum absolute atomic E-state index is 13.3. The number of pyridine rings is 1. The third-order valence-electron chi connectivity index (χ3n) is 5.78. The lowest BCUT2D eigenvalue weighted by molar-refractivity contribution is 0.0525. The molecule has 0 aliphatic heterocycles. The first-order valence-corrected chi connectivity index (χ1v) is 11.8. The van der Waals surface area contributed by atoms with Gasteiger partial charge in [-0.25, -0.2) is 14.5 Å². The van der Waals surface area contributed by atoms with Crippen molar-refractivity contribution in [3.63, 3.8) is 0 Å². The van der Waals surface area contributed by atoms with E-state index in [-0.39, 0.29) is 13.2 Å². The van der Waals surface area contributed by atoms with Crippen LogP contribution in [0.25, 0.3) is 33.3 Å². The summed E-state index contributed by atoms with van der Waals surface area (Å²) in [5.41, 5.74) is 4.81. The van der Waals surface area contributed by atoms with Crippen molar-refractivity contribution in [2.45, 2.75) is 13.5 Å². The van der Waals surface area contributed by atoms with E-state index in [4.69, 9.17) is 21.3 Å². The fourth-order valence-electron chi connectivity index (χ4n) is 4.21. The minimum atomic E-state index is -0.479. The predicted molar refractivity (Wildman–Crippen MR) is 138 cm³/mol. The van der Waals surface area contributed by atoms with Crippen molar-refractivity contribution in [1.29, 1.82) is 0 Å². The highest BCUT2D eigenvalue weighted by atomic mass is 35.5. The van der Waals surface area contributed by atoms with Crippen LogP contribution in [-0.2, 0) is 11.3 Å². The highest BCUT2D eigenvalue weighted by molar-refractivity contribution is 6.31. The number of aldehydes is 1. The van der Waals surface area contributed by atoms with E-state index in [1.54, 1.807) is 36.0 Å². The van der Waals surface area contributed by atoms with Crippen LogP contribution in [0, 0.1) is 0 Å². The van der Waals surface area contributed by atoms with Gasteiger partial charge in [0.2, 0.25) is 0 Å². The number of carbonyl (C=O) groups excluding carboxylic acids is 2. The Bertz CT molecular complexity index is 1580. The summed E-state index contributed by atoms with van der Waals surface area (Å²) in [5, 5.41) is 9.78. The zero-order valence-electron chi connectivity index (χ0n) is 19.4. The normalized spacial score (nSPS) is 10.9. The van der Waals surface area contributed by atoms with E-state index in [0.717, 1.165) is 17.2 Å². The Morgan fingerprint density at radius 2 is 1.83 bits per heavy atom. The molecular weight excluding hydrogens is 476 g/mol. The van der Waals surface area contributed by atoms with Gasteiger partial charge in [-0.2, -0.15) is 0 Å². The summed E-state index contributed by atoms with van der Waals surface area (Å²) in [6, 6.07) is 22.2. The monoisotopic (exact) mass is 496 g/mol. The molecule has 36 heavy (non-hydrogen) atoms. The van der Waals surface area contributed by atoms with Gasteiger partial charge in [-0.3, -0.25) is 4.79 Å². The Morgan fingerprint density at radius 1 is 1.06 bits per heavy atom. The molecule has 0 N–H and O–H groups in total. The number of aromatic nitrogens is 4. The zero-order chi connectivity index (χ0) is 25.1. The largest absolute Gasteiger partial charge is 0.462 e. The number of benzene rings is 3. The molecule has 0 atom stereocenters. The lowest BCUT2D eigenvalue weighted by Gasteiger charge is -2.17. The molecule has 5 aromatic rings. The number of rotatable bonds is 7. The van der Waals surface area contributed by atoms with Crippen LogP contribution in [0.1, 0.15) is 33.3 Å². The van der Waals surface area contributed by atoms with Gasteiger partial charge in [-0.1, -0.05) is 71.4 Å². The van der Waals surface area contributed by atoms with Crippen molar-refractivity contribution < 1.29 is 14.3 Å². The number of hydrogen-bond acceptors (Lipinski definition) is 6. The van der Waals surface area contributed by atoms with Gasteiger partial charge in [-0.15, -0.1) is 5.10 Å². The molecule has 0 spiro atoms. The summed E-state index contributed by atoms with van der Waals surface area (Å²) in [6.07, 6.45) is 2.52. The van der Waals surface area contributed by atoms with Gasteiger partial charge in [0.15, 0.2) is 6.29 Å². The number of fused-ring (bicyclic) bond motifs is 1. The molecule has 7 nitrogen and oxygen atoms in total. The molecule has 2 aromatic heterocycles. The number of carbonyl (C=O) groups is 2. The zero-order valence-corrected chi connectivity index (χ0v) is 20.1. The van der Waals surface area contributed by atoms with Gasteiger partial charge in [0.05, 0.1) is 36.1 Å². The topological polar surface area (TPSA) is 87.0 Å². The van der Waals surface area contributed by atoms with Crippen molar-refractivity contribution in [3.05, 3.63) is 101 Å². The van der Waals surface area contributed by atoms with Crippen LogP contribution in [0.15, 0.2) is 79.0 Å². The van der Waals surface area contributed by atoms with Crippen LogP contribution in [0.4, 0.5) is 0 Å². The molecule has 0 amide bonds. The maximum atomic E-state index is 13.3. The van der Waals surface area contributed by atoms with Crippen molar-refractivity contribution in [2.24, 2.45) is 0 Å². The van der Waals surface area contributed by atoms with Crippen LogP contribution in [0.3, 0.4) is 0 Å². The van der Waals surface area contributed by atoms with E-state index in [0.29, 0.717) is 44.2 Å². The van der Waals surface area contributed by atoms with E-state index >= 15 is 0 Å². The Kier molecular flexibility index (Phi) is 6.56. The second-order valence-electron chi connectivity index (χ2n) is 8.06. The molecule has 2 heterocycles. The molecule has 0 saturated heterocycles. The number of nitrogens with zero attached hydrogens (tertiary/aromatic N) is 4. The van der Waals surface area contributed by atoms with Crippen LogP contribution >= 0.6 is 11.6 Å². The smallest absolute Gasteiger partial charge is 0.340 e. The van der Waals surface area contributed by atoms with Gasteiger partial charge in [0, 0.05) is 27.1 Å². The van der Waals surface area contributed by atoms with Crippen molar-refractivity contribution in [2.75, 3.05) is 6.61 Å². The highest BCUT2D eigenvalue weighted by Gasteiger charge is 2.24. The molecule has 0 radical (unpaired) electrons. The third kappa shape index (κ3) is 4.48. The second kappa shape index (κ2) is 10.1. The Balaban J connectivity index is 1.69. The van der Waals surface area contributed by atoms with Crippen molar-refractivity contribution in [3.8, 4) is 22.4 Å². The Hall–Kier alpha value is -4.36. The van der Waals surface area contributed by atoms with Gasteiger partial charge < -0.3 is 4.74 Å². The Morgan fingerprint density at radius 3 is 2.61 bits per heavy atom. The Labute approximate surface area is 212 Å². The molecule has 0 saturated carbocycles. The van der Waals surface area contributed by atoms with Crippen molar-refractivity contribution >= 4 is 34.8 Å². The summed E-state index contributed by atoms with van der Waals surface area (Å²) < 4.78 is 7.05. The molecule has 8 heteroatoms. The summed E-state index contributed by atoms with van der Waals surface area (Å²) in [5.74, 6) is -0.479. The average Bonchev–Trinajstić information content (AvgIpc) is 3.37. The van der Waals surface area contributed by atoms with Crippen LogP contribution in [0.2, 0.25) is 5.02 Å². The van der Waals surface area contributed by atoms with E-state index in [1.165, 1.54) is 0 Å². The summed E-state index contributed by atoms with van der Waals surface area (Å²) in [7, 11) is 0. The summed E-state index contributed by atoms with van der Waals surface area (Å²) >= 11 is 6.34. The fourth-order valence-corrected chi connectivity index (χ4v) is 4.39. The van der Waals surface area contributed by atoms with Gasteiger partial charge in [0.1, 0.15) is 5.69 Å². The van der Waals surface area contributed by atoms with Gasteiger partial charge in [0.25, 0.3) is 0 Å². The van der Waals surface area contributed by atoms with Crippen LogP contribution < -0.4 is 0 Å². The van der Waals surface area contributed by atoms with E-state index in [9.17, 15) is 9.59 Å². The molecule has 3 aromatic carbocycles. The molecule has 0 fully saturated rings. The van der Waals surface area contributed by atoms with Crippen LogP contribution in [0.5, 0.6) is 0 Å². The maximum Gasteiger partial charge on any atom is 0.340 e. The standard InChI is InChI=1S/C28H21ClN4O3/c1-2-36-28(35)27-25(16-33-15-24(31-32-33)21-11-7-6-10-19(21)17-34)30-23-13-12-20(29)14-22(23)26(27)18-8-4-3-5-9-18/h3-15,17H,2,16H2,1H3. The fraction of sp³-hybridized carbons (Fsp3) is 0.107. The second-order valence-corrected chi connectivity index (χ2v) is 8.50. The number of halogens is 1. The number of hydrogen-bond donors (Lipinski definition) is 0. The van der Waals surface area contributed by atoms with Gasteiger partial charge in [-0.05, 0) is 30.7 Å². The molecule has 178 valence electrons.